The molecule has 5 N–H and O–H groups in total. The van der Waals surface area contributed by atoms with Crippen LogP contribution in [0.1, 0.15) is 42.2 Å². The second-order valence-electron chi connectivity index (χ2n) is 18.4. The van der Waals surface area contributed by atoms with Gasteiger partial charge in [0.25, 0.3) is 0 Å². The number of carboxylic acid groups (broad SMARTS) is 1. The number of ether oxygens (including phenoxy) is 2. The minimum Gasteiger partial charge on any atom is -0.481 e. The topological polar surface area (TPSA) is 240 Å². The van der Waals surface area contributed by atoms with Gasteiger partial charge < -0.3 is 48.6 Å². The molecule has 0 spiro atoms. The Labute approximate surface area is 458 Å². The van der Waals surface area contributed by atoms with Crippen LogP contribution in [-0.4, -0.2) is 108 Å². The molecule has 0 bridgehead atoms. The predicted octanol–water partition coefficient (Wildman–Crippen LogP) is 11.2. The van der Waals surface area contributed by atoms with E-state index in [0.717, 1.165) is 100 Å². The van der Waals surface area contributed by atoms with Crippen LogP contribution in [-0.2, 0) is 4.74 Å². The van der Waals surface area contributed by atoms with Crippen molar-refractivity contribution in [1.29, 1.82) is 0 Å². The summed E-state index contributed by atoms with van der Waals surface area (Å²) < 4.78 is 16.3. The van der Waals surface area contributed by atoms with Crippen LogP contribution >= 0.6 is 0 Å². The molecule has 0 atom stereocenters. The van der Waals surface area contributed by atoms with Gasteiger partial charge in [-0.25, -0.2) is 39.7 Å². The molecule has 1 saturated heterocycles. The third-order valence-corrected chi connectivity index (χ3v) is 13.0. The van der Waals surface area contributed by atoms with E-state index in [0.29, 0.717) is 28.9 Å². The summed E-state index contributed by atoms with van der Waals surface area (Å²) in [6.07, 6.45) is 31.4. The molecule has 3 aromatic carbocycles. The molecule has 12 aromatic rings. The fraction of sp³-hybridized carbons (Fsp3) is 0.153. The predicted molar refractivity (Wildman–Crippen MR) is 309 cm³/mol. The lowest BCUT2D eigenvalue weighted by atomic mass is 10.1. The van der Waals surface area contributed by atoms with Crippen molar-refractivity contribution in [1.82, 2.24) is 63.3 Å². The first kappa shape index (κ1) is 51.6. The number of H-pyrrole nitrogens is 1. The number of aromatic amines is 1. The Morgan fingerprint density at radius 1 is 0.675 bits per heavy atom. The molecule has 21 nitrogen and oxygen atoms in total. The summed E-state index contributed by atoms with van der Waals surface area (Å²) in [5.74, 6) is 1.64. The summed E-state index contributed by atoms with van der Waals surface area (Å²) in [5.41, 5.74) is 11.6. The second-order valence-corrected chi connectivity index (χ2v) is 18.4. The van der Waals surface area contributed by atoms with Crippen molar-refractivity contribution in [2.75, 3.05) is 54.3 Å². The van der Waals surface area contributed by atoms with Gasteiger partial charge in [0.2, 0.25) is 5.88 Å². The molecule has 9 aromatic heterocycles. The van der Waals surface area contributed by atoms with Gasteiger partial charge in [0.05, 0.1) is 66.6 Å². The number of nitrogens with zero attached hydrogens (tertiary/aromatic N) is 13. The first-order chi connectivity index (χ1) is 39.3. The van der Waals surface area contributed by atoms with Crippen LogP contribution in [0.4, 0.5) is 40.2 Å². The van der Waals surface area contributed by atoms with Gasteiger partial charge >= 0.3 is 5.97 Å². The monoisotopic (exact) mass is 1070 g/mol. The fourth-order valence-corrected chi connectivity index (χ4v) is 8.83. The summed E-state index contributed by atoms with van der Waals surface area (Å²) in [5, 5.41) is 27.1. The Balaban J connectivity index is 0.000000127. The Kier molecular flexibility index (Phi) is 15.6. The molecule has 1 aliphatic rings. The van der Waals surface area contributed by atoms with Crippen LogP contribution in [0, 0.1) is 0 Å². The van der Waals surface area contributed by atoms with Crippen molar-refractivity contribution >= 4 is 80.1 Å². The maximum Gasteiger partial charge on any atom is 0.335 e. The van der Waals surface area contributed by atoms with Gasteiger partial charge in [-0.2, -0.15) is 5.10 Å². The minimum absolute atomic E-state index is 0.235. The van der Waals surface area contributed by atoms with Crippen LogP contribution in [0.5, 0.6) is 5.88 Å². The van der Waals surface area contributed by atoms with Gasteiger partial charge in [-0.3, -0.25) is 10.1 Å². The van der Waals surface area contributed by atoms with E-state index >= 15 is 0 Å². The average Bonchev–Trinajstić information content (AvgIpc) is 4.39. The molecular formula is C59H55N17O4. The molecule has 0 aliphatic carbocycles. The molecule has 21 heteroatoms. The van der Waals surface area contributed by atoms with E-state index in [1.807, 2.05) is 92.9 Å². The van der Waals surface area contributed by atoms with E-state index in [-0.39, 0.29) is 5.56 Å². The minimum atomic E-state index is -0.957. The summed E-state index contributed by atoms with van der Waals surface area (Å²) in [7, 11) is 1.60. The third kappa shape index (κ3) is 12.2. The molecule has 0 radical (unpaired) electrons. The number of imidazole rings is 3. The van der Waals surface area contributed by atoms with Gasteiger partial charge in [0.1, 0.15) is 0 Å². The molecule has 0 saturated carbocycles. The molecule has 0 amide bonds. The zero-order valence-electron chi connectivity index (χ0n) is 43.8. The summed E-state index contributed by atoms with van der Waals surface area (Å²) in [6.45, 7) is 5.61. The van der Waals surface area contributed by atoms with Crippen molar-refractivity contribution in [3.05, 3.63) is 189 Å². The van der Waals surface area contributed by atoms with E-state index in [1.54, 1.807) is 80.8 Å². The van der Waals surface area contributed by atoms with Gasteiger partial charge in [0, 0.05) is 121 Å². The first-order valence-electron chi connectivity index (χ1n) is 25.9. The van der Waals surface area contributed by atoms with Crippen LogP contribution < -0.4 is 25.6 Å². The number of benzene rings is 3. The van der Waals surface area contributed by atoms with Gasteiger partial charge in [-0.05, 0) is 85.3 Å². The molecule has 13 rings (SSSR count). The summed E-state index contributed by atoms with van der Waals surface area (Å²) >= 11 is 0. The van der Waals surface area contributed by atoms with E-state index < -0.39 is 5.97 Å². The molecule has 0 unspecified atom stereocenters. The van der Waals surface area contributed by atoms with Crippen LogP contribution in [0.25, 0.3) is 56.4 Å². The number of carbonyl (C=O) groups is 1. The Hall–Kier alpha value is -10.5. The summed E-state index contributed by atoms with van der Waals surface area (Å²) in [4.78, 5) is 49.1. The van der Waals surface area contributed by atoms with E-state index in [4.69, 9.17) is 24.5 Å². The highest BCUT2D eigenvalue weighted by Gasteiger charge is 2.15. The Morgan fingerprint density at radius 2 is 1.27 bits per heavy atom. The molecule has 10 heterocycles. The van der Waals surface area contributed by atoms with Crippen LogP contribution in [0.15, 0.2) is 178 Å². The third-order valence-electron chi connectivity index (χ3n) is 13.0. The van der Waals surface area contributed by atoms with Crippen LogP contribution in [0.2, 0.25) is 0 Å². The molecule has 1 aliphatic heterocycles. The van der Waals surface area contributed by atoms with E-state index in [1.165, 1.54) is 18.5 Å². The van der Waals surface area contributed by atoms with Crippen molar-refractivity contribution in [3.63, 3.8) is 0 Å². The standard InChI is InChI=1S/C21H20N6O.C20H14N6O2.C18H21N5O/c1-3-18(26-11-13-28-14-12-26)4-2-17(1)24-20-21-23-9-10-27(21)15-19(25-20)16-5-7-22-8-6-16;27-20(28)13-3-1-12(2-4-13)17-11-26-8-7-21-19(26)18(24-17)23-15-6-5-14-10-22-25-16(14)9-15;1-3-4-5-6-7-15-13-23-11-10-19-18(23)17(22-15)21-14-8-9-16(24-2)20-12-14/h1-10,15H,11-14H2,(H,24,25);1-11H,(H,22,25)(H,23,24)(H,27,28);6-13H,3-5H2,1-2H3,(H,21,22)/b;;7-6+. The largest absolute Gasteiger partial charge is 0.481 e. The number of fused-ring (bicyclic) bond motifs is 4. The number of aromatic carboxylic acids is 1. The number of nitrogens with one attached hydrogen (secondary N) is 4. The quantitative estimate of drug-likeness (QED) is 0.0600. The lowest BCUT2D eigenvalue weighted by molar-refractivity contribution is 0.0697. The number of morpholine rings is 1. The fourth-order valence-electron chi connectivity index (χ4n) is 8.83. The van der Waals surface area contributed by atoms with Gasteiger partial charge in [-0.1, -0.05) is 38.0 Å². The Bertz CT molecular complexity index is 4040. The number of rotatable bonds is 15. The lowest BCUT2D eigenvalue weighted by Crippen LogP contribution is -2.36. The van der Waals surface area contributed by atoms with Crippen LogP contribution in [0.3, 0.4) is 0 Å². The highest BCUT2D eigenvalue weighted by atomic mass is 16.5. The SMILES string of the molecule is CCCC/C=C/c1cn2ccnc2c(Nc2ccc(OC)nc2)n1.O=C(O)c1ccc(-c2cn3ccnc3c(Nc3ccc4cn[nH]c4c3)n2)cc1.c1cc(-c2cn3ccnc3c(Nc3ccc(N4CCOCC4)cc3)n2)ccn1. The number of allylic oxidation sites excluding steroid dienone is 1. The number of carboxylic acids is 1. The highest BCUT2D eigenvalue weighted by molar-refractivity contribution is 5.88. The Morgan fingerprint density at radius 3 is 1.90 bits per heavy atom. The normalized spacial score (nSPS) is 12.3. The highest BCUT2D eigenvalue weighted by Crippen LogP contribution is 2.29. The number of hydrogen-bond donors (Lipinski definition) is 5. The average molecular weight is 1070 g/mol. The number of hydrogen-bond acceptors (Lipinski definition) is 16. The summed E-state index contributed by atoms with van der Waals surface area (Å²) in [6, 6.07) is 28.5. The van der Waals surface area contributed by atoms with Crippen molar-refractivity contribution in [2.24, 2.45) is 0 Å². The van der Waals surface area contributed by atoms with E-state index in [9.17, 15) is 4.79 Å². The molecule has 1 fully saturated rings. The number of methoxy groups -OCH3 is 1. The lowest BCUT2D eigenvalue weighted by Gasteiger charge is -2.28. The first-order valence-corrected chi connectivity index (χ1v) is 25.9. The smallest absolute Gasteiger partial charge is 0.335 e. The zero-order valence-corrected chi connectivity index (χ0v) is 43.8. The van der Waals surface area contributed by atoms with Crippen molar-refractivity contribution < 1.29 is 19.4 Å². The second kappa shape index (κ2) is 24.2. The maximum absolute atomic E-state index is 11.1. The molecule has 80 heavy (non-hydrogen) atoms. The maximum atomic E-state index is 11.1. The van der Waals surface area contributed by atoms with Crippen molar-refractivity contribution in [2.45, 2.75) is 26.2 Å². The number of pyridine rings is 2. The van der Waals surface area contributed by atoms with E-state index in [2.05, 4.69) is 98.2 Å². The van der Waals surface area contributed by atoms with Gasteiger partial charge in [0.15, 0.2) is 34.4 Å². The number of unbranched alkanes of at least 4 members (excludes halogenated alkanes) is 2. The number of aromatic nitrogens is 13. The zero-order chi connectivity index (χ0) is 54.6. The number of anilines is 7. The van der Waals surface area contributed by atoms with Crippen molar-refractivity contribution in [3.8, 4) is 28.4 Å². The van der Waals surface area contributed by atoms with Gasteiger partial charge in [-0.15, -0.1) is 0 Å². The molecular weight excluding hydrogens is 1010 g/mol. The molecule has 400 valence electrons.